The Morgan fingerprint density at radius 3 is 2.42 bits per heavy atom. The third kappa shape index (κ3) is 4.11. The Kier molecular flexibility index (Phi) is 5.14. The zero-order valence-electron chi connectivity index (χ0n) is 11.3. The van der Waals surface area contributed by atoms with Gasteiger partial charge in [-0.05, 0) is 5.92 Å². The number of carbonyl (C=O) groups excluding carboxylic acids is 2. The lowest BCUT2D eigenvalue weighted by Crippen LogP contribution is -2.59. The van der Waals surface area contributed by atoms with E-state index >= 15 is 0 Å². The van der Waals surface area contributed by atoms with Crippen LogP contribution in [0.3, 0.4) is 0 Å². The minimum atomic E-state index is -0.856. The van der Waals surface area contributed by atoms with Crippen molar-refractivity contribution in [1.82, 2.24) is 10.2 Å². The fourth-order valence-corrected chi connectivity index (χ4v) is 2.16. The molecule has 0 bridgehead atoms. The molecule has 3 amide bonds. The van der Waals surface area contributed by atoms with Gasteiger partial charge in [0.05, 0.1) is 6.42 Å². The lowest BCUT2D eigenvalue weighted by molar-refractivity contribution is -0.146. The van der Waals surface area contributed by atoms with E-state index in [1.807, 2.05) is 13.8 Å². The van der Waals surface area contributed by atoms with Crippen LogP contribution in [0.1, 0.15) is 26.7 Å². The molecule has 1 heterocycles. The molecule has 1 aliphatic rings. The Labute approximate surface area is 112 Å². The van der Waals surface area contributed by atoms with Crippen LogP contribution in [0.4, 0.5) is 4.79 Å². The van der Waals surface area contributed by atoms with Crippen LogP contribution in [0.15, 0.2) is 0 Å². The van der Waals surface area contributed by atoms with Crippen molar-refractivity contribution < 1.29 is 19.5 Å². The minimum Gasteiger partial charge on any atom is -0.481 e. The number of amides is 3. The normalized spacial score (nSPS) is 18.3. The number of likely N-dealkylation sites (tertiary alicyclic amines) is 1. The van der Waals surface area contributed by atoms with Gasteiger partial charge < -0.3 is 21.1 Å². The molecule has 7 heteroatoms. The summed E-state index contributed by atoms with van der Waals surface area (Å²) in [5, 5.41) is 11.1. The van der Waals surface area contributed by atoms with Crippen molar-refractivity contribution in [3.63, 3.8) is 0 Å². The standard InChI is InChI=1S/C12H21N3O4/c1-3-7(2)10(14-12(13)19)11(18)15-5-8(6-15)4-9(16)17/h7-8,10H,3-6H2,1-2H3,(H,16,17)(H3,13,14,19). The van der Waals surface area contributed by atoms with Crippen LogP contribution in [0, 0.1) is 11.8 Å². The SMILES string of the molecule is CCC(C)C(NC(N)=O)C(=O)N1CC(CC(=O)O)C1. The second-order valence-electron chi connectivity index (χ2n) is 5.08. The number of hydrogen-bond acceptors (Lipinski definition) is 3. The fraction of sp³-hybridized carbons (Fsp3) is 0.750. The van der Waals surface area contributed by atoms with E-state index in [0.717, 1.165) is 6.42 Å². The van der Waals surface area contributed by atoms with Crippen LogP contribution in [0.25, 0.3) is 0 Å². The molecule has 0 aliphatic carbocycles. The molecular weight excluding hydrogens is 250 g/mol. The smallest absolute Gasteiger partial charge is 0.312 e. The lowest BCUT2D eigenvalue weighted by Gasteiger charge is -2.41. The van der Waals surface area contributed by atoms with Crippen LogP contribution in [-0.4, -0.2) is 47.0 Å². The molecule has 108 valence electrons. The molecule has 0 spiro atoms. The molecule has 2 unspecified atom stereocenters. The van der Waals surface area contributed by atoms with Crippen molar-refractivity contribution in [2.24, 2.45) is 17.6 Å². The highest BCUT2D eigenvalue weighted by Crippen LogP contribution is 2.22. The summed E-state index contributed by atoms with van der Waals surface area (Å²) in [4.78, 5) is 35.2. The maximum absolute atomic E-state index is 12.2. The highest BCUT2D eigenvalue weighted by molar-refractivity contribution is 5.87. The summed E-state index contributed by atoms with van der Waals surface area (Å²) in [6, 6.07) is -1.35. The van der Waals surface area contributed by atoms with Gasteiger partial charge in [0, 0.05) is 19.0 Å². The molecule has 2 atom stereocenters. The first kappa shape index (κ1) is 15.3. The minimum absolute atomic E-state index is 0.00705. The number of carbonyl (C=O) groups is 3. The Hall–Kier alpha value is -1.79. The molecule has 19 heavy (non-hydrogen) atoms. The van der Waals surface area contributed by atoms with E-state index in [1.54, 1.807) is 4.90 Å². The predicted octanol–water partition coefficient (Wildman–Crippen LogP) is 0.00250. The van der Waals surface area contributed by atoms with Gasteiger partial charge in [-0.15, -0.1) is 0 Å². The Bertz CT molecular complexity index is 366. The van der Waals surface area contributed by atoms with Crippen LogP contribution in [0.5, 0.6) is 0 Å². The summed E-state index contributed by atoms with van der Waals surface area (Å²) in [5.74, 6) is -1.05. The second kappa shape index (κ2) is 6.40. The number of hydrogen-bond donors (Lipinski definition) is 3. The number of nitrogens with one attached hydrogen (secondary N) is 1. The molecule has 1 fully saturated rings. The predicted molar refractivity (Wildman–Crippen MR) is 68.3 cm³/mol. The highest BCUT2D eigenvalue weighted by atomic mass is 16.4. The van der Waals surface area contributed by atoms with E-state index < -0.39 is 18.0 Å². The Morgan fingerprint density at radius 2 is 2.00 bits per heavy atom. The van der Waals surface area contributed by atoms with Gasteiger partial charge in [0.1, 0.15) is 6.04 Å². The van der Waals surface area contributed by atoms with Gasteiger partial charge in [-0.2, -0.15) is 0 Å². The third-order valence-electron chi connectivity index (χ3n) is 3.51. The van der Waals surface area contributed by atoms with Crippen LogP contribution in [-0.2, 0) is 9.59 Å². The largest absolute Gasteiger partial charge is 0.481 e. The van der Waals surface area contributed by atoms with Gasteiger partial charge in [0.2, 0.25) is 5.91 Å². The van der Waals surface area contributed by atoms with Crippen molar-refractivity contribution >= 4 is 17.9 Å². The molecule has 0 radical (unpaired) electrons. The Balaban J connectivity index is 2.54. The van der Waals surface area contributed by atoms with E-state index in [2.05, 4.69) is 5.32 Å². The quantitative estimate of drug-likeness (QED) is 0.631. The maximum Gasteiger partial charge on any atom is 0.312 e. The average Bonchev–Trinajstić information content (AvgIpc) is 2.27. The monoisotopic (exact) mass is 271 g/mol. The highest BCUT2D eigenvalue weighted by Gasteiger charge is 2.37. The van der Waals surface area contributed by atoms with E-state index in [1.165, 1.54) is 0 Å². The topological polar surface area (TPSA) is 113 Å². The van der Waals surface area contributed by atoms with Gasteiger partial charge in [-0.25, -0.2) is 4.79 Å². The summed E-state index contributed by atoms with van der Waals surface area (Å²) < 4.78 is 0. The van der Waals surface area contributed by atoms with Gasteiger partial charge in [-0.1, -0.05) is 20.3 Å². The van der Waals surface area contributed by atoms with Crippen molar-refractivity contribution in [3.8, 4) is 0 Å². The van der Waals surface area contributed by atoms with Crippen molar-refractivity contribution in [1.29, 1.82) is 0 Å². The van der Waals surface area contributed by atoms with E-state index in [-0.39, 0.29) is 24.2 Å². The number of carboxylic acid groups (broad SMARTS) is 1. The number of carboxylic acids is 1. The zero-order valence-corrected chi connectivity index (χ0v) is 11.3. The second-order valence-corrected chi connectivity index (χ2v) is 5.08. The molecule has 0 aromatic rings. The number of aliphatic carboxylic acids is 1. The average molecular weight is 271 g/mol. The number of primary amides is 1. The zero-order chi connectivity index (χ0) is 14.6. The number of nitrogens with zero attached hydrogens (tertiary/aromatic N) is 1. The fourth-order valence-electron chi connectivity index (χ4n) is 2.16. The molecule has 4 N–H and O–H groups in total. The summed E-state index contributed by atoms with van der Waals surface area (Å²) >= 11 is 0. The van der Waals surface area contributed by atoms with E-state index in [0.29, 0.717) is 13.1 Å². The van der Waals surface area contributed by atoms with Crippen LogP contribution in [0.2, 0.25) is 0 Å². The van der Waals surface area contributed by atoms with E-state index in [9.17, 15) is 14.4 Å². The molecule has 1 saturated heterocycles. The third-order valence-corrected chi connectivity index (χ3v) is 3.51. The molecule has 1 rings (SSSR count). The Morgan fingerprint density at radius 1 is 1.42 bits per heavy atom. The number of rotatable bonds is 6. The summed E-state index contributed by atoms with van der Waals surface area (Å²) in [6.07, 6.45) is 0.810. The molecule has 0 aromatic heterocycles. The molecule has 7 nitrogen and oxygen atoms in total. The first-order valence-corrected chi connectivity index (χ1v) is 6.41. The number of nitrogens with two attached hydrogens (primary N) is 1. The molecule has 0 aromatic carbocycles. The summed E-state index contributed by atoms with van der Waals surface area (Å²) in [5.41, 5.74) is 5.08. The van der Waals surface area contributed by atoms with Crippen molar-refractivity contribution in [2.45, 2.75) is 32.7 Å². The van der Waals surface area contributed by atoms with Gasteiger partial charge in [0.25, 0.3) is 0 Å². The van der Waals surface area contributed by atoms with Crippen molar-refractivity contribution in [2.75, 3.05) is 13.1 Å². The molecular formula is C12H21N3O4. The lowest BCUT2D eigenvalue weighted by atomic mass is 9.92. The van der Waals surface area contributed by atoms with Gasteiger partial charge >= 0.3 is 12.0 Å². The summed E-state index contributed by atoms with van der Waals surface area (Å²) in [7, 11) is 0. The van der Waals surface area contributed by atoms with E-state index in [4.69, 9.17) is 10.8 Å². The van der Waals surface area contributed by atoms with Crippen LogP contribution < -0.4 is 11.1 Å². The van der Waals surface area contributed by atoms with Crippen molar-refractivity contribution in [3.05, 3.63) is 0 Å². The maximum atomic E-state index is 12.2. The summed E-state index contributed by atoms with van der Waals surface area (Å²) in [6.45, 7) is 4.65. The number of urea groups is 1. The molecule has 0 saturated carbocycles. The van der Waals surface area contributed by atoms with Crippen LogP contribution >= 0.6 is 0 Å². The molecule has 1 aliphatic heterocycles. The van der Waals surface area contributed by atoms with Gasteiger partial charge in [-0.3, -0.25) is 9.59 Å². The van der Waals surface area contributed by atoms with Gasteiger partial charge in [0.15, 0.2) is 0 Å². The first-order valence-electron chi connectivity index (χ1n) is 6.41. The first-order chi connectivity index (χ1) is 8.85.